The number of hydrogen-bond acceptors (Lipinski definition) is 6. The highest BCUT2D eigenvalue weighted by atomic mass is 32.1. The molecule has 8 heteroatoms. The number of nitrogens with zero attached hydrogens (tertiary/aromatic N) is 4. The van der Waals surface area contributed by atoms with Gasteiger partial charge in [-0.15, -0.1) is 11.3 Å². The number of thiophene rings is 1. The van der Waals surface area contributed by atoms with Crippen LogP contribution in [-0.4, -0.2) is 38.6 Å². The van der Waals surface area contributed by atoms with Crippen molar-refractivity contribution in [2.24, 2.45) is 0 Å². The Labute approximate surface area is 170 Å². The summed E-state index contributed by atoms with van der Waals surface area (Å²) in [4.78, 5) is 32.9. The zero-order chi connectivity index (χ0) is 19.8. The van der Waals surface area contributed by atoms with Crippen molar-refractivity contribution in [3.63, 3.8) is 0 Å². The van der Waals surface area contributed by atoms with Gasteiger partial charge in [-0.25, -0.2) is 4.98 Å². The fourth-order valence-electron chi connectivity index (χ4n) is 3.78. The quantitative estimate of drug-likeness (QED) is 0.519. The third kappa shape index (κ3) is 3.25. The second-order valence-electron chi connectivity index (χ2n) is 7.08. The van der Waals surface area contributed by atoms with E-state index >= 15 is 0 Å². The largest absolute Gasteiger partial charge is 0.355 e. The molecule has 146 valence electrons. The van der Waals surface area contributed by atoms with Gasteiger partial charge in [0.2, 0.25) is 0 Å². The minimum absolute atomic E-state index is 0.0729. The molecule has 0 saturated carbocycles. The Morgan fingerprint density at radius 3 is 2.97 bits per heavy atom. The average Bonchev–Trinajstić information content (AvgIpc) is 3.46. The van der Waals surface area contributed by atoms with Crippen LogP contribution in [0.3, 0.4) is 0 Å². The lowest BCUT2D eigenvalue weighted by Crippen LogP contribution is -2.43. The van der Waals surface area contributed by atoms with Crippen molar-refractivity contribution < 1.29 is 9.32 Å². The molecule has 0 radical (unpaired) electrons. The first-order chi connectivity index (χ1) is 14.2. The van der Waals surface area contributed by atoms with Gasteiger partial charge in [-0.05, 0) is 36.4 Å². The van der Waals surface area contributed by atoms with Crippen LogP contribution in [0.25, 0.3) is 21.5 Å². The summed E-state index contributed by atoms with van der Waals surface area (Å²) < 4.78 is 7.00. The predicted octanol–water partition coefficient (Wildman–Crippen LogP) is 3.59. The second kappa shape index (κ2) is 7.29. The van der Waals surface area contributed by atoms with Crippen LogP contribution in [-0.2, 0) is 0 Å². The lowest BCUT2D eigenvalue weighted by atomic mass is 10.0. The first-order valence-corrected chi connectivity index (χ1v) is 10.3. The average molecular weight is 406 g/mol. The van der Waals surface area contributed by atoms with E-state index in [0.29, 0.717) is 29.8 Å². The van der Waals surface area contributed by atoms with Crippen LogP contribution in [0.1, 0.15) is 29.4 Å². The van der Waals surface area contributed by atoms with Crippen LogP contribution >= 0.6 is 11.3 Å². The van der Waals surface area contributed by atoms with Gasteiger partial charge in [0.05, 0.1) is 28.1 Å². The minimum atomic E-state index is -0.178. The molecule has 0 unspecified atom stereocenters. The minimum Gasteiger partial charge on any atom is -0.355 e. The van der Waals surface area contributed by atoms with E-state index in [1.165, 1.54) is 11.3 Å². The highest BCUT2D eigenvalue weighted by Crippen LogP contribution is 2.27. The number of para-hydroxylation sites is 1. The Bertz CT molecular complexity index is 1230. The van der Waals surface area contributed by atoms with Crippen LogP contribution < -0.4 is 5.56 Å². The molecule has 1 fully saturated rings. The van der Waals surface area contributed by atoms with Gasteiger partial charge in [0.1, 0.15) is 0 Å². The molecule has 1 aliphatic heterocycles. The molecule has 29 heavy (non-hydrogen) atoms. The SMILES string of the molecule is O=C(c1cc(-c2cccs2)on1)N1CCC[C@H](n2cnc3ccccc3c2=O)C1. The number of likely N-dealkylation sites (tertiary alicyclic amines) is 1. The third-order valence-corrected chi connectivity index (χ3v) is 6.15. The summed E-state index contributed by atoms with van der Waals surface area (Å²) in [7, 11) is 0. The van der Waals surface area contributed by atoms with Crippen molar-refractivity contribution in [1.29, 1.82) is 0 Å². The summed E-state index contributed by atoms with van der Waals surface area (Å²) >= 11 is 1.53. The zero-order valence-corrected chi connectivity index (χ0v) is 16.3. The number of carbonyl (C=O) groups excluding carboxylic acids is 1. The fourth-order valence-corrected chi connectivity index (χ4v) is 4.46. The molecule has 5 rings (SSSR count). The lowest BCUT2D eigenvalue weighted by molar-refractivity contribution is 0.0667. The number of rotatable bonds is 3. The topological polar surface area (TPSA) is 81.2 Å². The Hall–Kier alpha value is -3.26. The number of aromatic nitrogens is 3. The molecule has 0 bridgehead atoms. The molecule has 4 heterocycles. The molecular formula is C21H18N4O3S. The molecule has 1 aromatic carbocycles. The fraction of sp³-hybridized carbons (Fsp3) is 0.238. The molecule has 0 spiro atoms. The number of amides is 1. The Balaban J connectivity index is 1.39. The number of piperidine rings is 1. The first-order valence-electron chi connectivity index (χ1n) is 9.46. The van der Waals surface area contributed by atoms with Crippen molar-refractivity contribution in [2.75, 3.05) is 13.1 Å². The summed E-state index contributed by atoms with van der Waals surface area (Å²) in [5.74, 6) is 0.412. The van der Waals surface area contributed by atoms with Crippen LogP contribution in [0.4, 0.5) is 0 Å². The molecule has 7 nitrogen and oxygen atoms in total. The number of hydrogen-bond donors (Lipinski definition) is 0. The van der Waals surface area contributed by atoms with Crippen LogP contribution in [0, 0.1) is 0 Å². The summed E-state index contributed by atoms with van der Waals surface area (Å²) in [6, 6.07) is 12.7. The monoisotopic (exact) mass is 406 g/mol. The molecule has 1 aliphatic rings. The van der Waals surface area contributed by atoms with E-state index in [1.54, 1.807) is 27.9 Å². The van der Waals surface area contributed by atoms with Gasteiger partial charge in [-0.3, -0.25) is 14.2 Å². The van der Waals surface area contributed by atoms with Gasteiger partial charge in [0.15, 0.2) is 11.5 Å². The van der Waals surface area contributed by atoms with Gasteiger partial charge in [0, 0.05) is 19.2 Å². The summed E-state index contributed by atoms with van der Waals surface area (Å²) in [6.07, 6.45) is 3.22. The maximum Gasteiger partial charge on any atom is 0.276 e. The Kier molecular flexibility index (Phi) is 4.48. The number of fused-ring (bicyclic) bond motifs is 1. The predicted molar refractivity (Wildman–Crippen MR) is 110 cm³/mol. The van der Waals surface area contributed by atoms with Gasteiger partial charge in [0.25, 0.3) is 11.5 Å². The van der Waals surface area contributed by atoms with Crippen molar-refractivity contribution in [1.82, 2.24) is 19.6 Å². The van der Waals surface area contributed by atoms with E-state index in [9.17, 15) is 9.59 Å². The van der Waals surface area contributed by atoms with Gasteiger partial charge in [-0.2, -0.15) is 0 Å². The summed E-state index contributed by atoms with van der Waals surface area (Å²) in [5.41, 5.74) is 0.899. The molecule has 0 N–H and O–H groups in total. The lowest BCUT2D eigenvalue weighted by Gasteiger charge is -2.33. The molecule has 1 atom stereocenters. The van der Waals surface area contributed by atoms with Gasteiger partial charge < -0.3 is 9.42 Å². The van der Waals surface area contributed by atoms with Crippen LogP contribution in [0.15, 0.2) is 63.5 Å². The molecule has 0 aliphatic carbocycles. The molecule has 3 aromatic heterocycles. The Morgan fingerprint density at radius 2 is 2.10 bits per heavy atom. The zero-order valence-electron chi connectivity index (χ0n) is 15.5. The normalized spacial score (nSPS) is 17.0. The van der Waals surface area contributed by atoms with E-state index in [-0.39, 0.29) is 23.2 Å². The van der Waals surface area contributed by atoms with Gasteiger partial charge in [-0.1, -0.05) is 23.4 Å². The molecule has 4 aromatic rings. The summed E-state index contributed by atoms with van der Waals surface area (Å²) in [5, 5.41) is 6.50. The maximum atomic E-state index is 13.0. The number of benzene rings is 1. The van der Waals surface area contributed by atoms with Crippen LogP contribution in [0.5, 0.6) is 0 Å². The van der Waals surface area contributed by atoms with E-state index in [1.807, 2.05) is 35.7 Å². The van der Waals surface area contributed by atoms with Crippen molar-refractivity contribution >= 4 is 28.1 Å². The molecule has 1 saturated heterocycles. The van der Waals surface area contributed by atoms with Crippen molar-refractivity contribution in [3.05, 3.63) is 70.2 Å². The Morgan fingerprint density at radius 1 is 1.21 bits per heavy atom. The van der Waals surface area contributed by atoms with Crippen LogP contribution in [0.2, 0.25) is 0 Å². The van der Waals surface area contributed by atoms with Crippen molar-refractivity contribution in [2.45, 2.75) is 18.9 Å². The van der Waals surface area contributed by atoms with E-state index in [4.69, 9.17) is 4.52 Å². The highest BCUT2D eigenvalue weighted by molar-refractivity contribution is 7.13. The molecular weight excluding hydrogens is 388 g/mol. The second-order valence-corrected chi connectivity index (χ2v) is 8.02. The molecule has 1 amide bonds. The van der Waals surface area contributed by atoms with E-state index in [0.717, 1.165) is 17.7 Å². The first kappa shape index (κ1) is 17.8. The summed E-state index contributed by atoms with van der Waals surface area (Å²) in [6.45, 7) is 1.08. The maximum absolute atomic E-state index is 13.0. The highest BCUT2D eigenvalue weighted by Gasteiger charge is 2.28. The smallest absolute Gasteiger partial charge is 0.276 e. The number of carbonyl (C=O) groups is 1. The van der Waals surface area contributed by atoms with E-state index < -0.39 is 0 Å². The third-order valence-electron chi connectivity index (χ3n) is 5.26. The van der Waals surface area contributed by atoms with E-state index in [2.05, 4.69) is 10.1 Å². The standard InChI is InChI=1S/C21H18N4O3S/c26-20-15-6-1-2-7-16(15)22-13-25(20)14-5-3-9-24(12-14)21(27)17-11-18(28-23-17)19-8-4-10-29-19/h1-2,4,6-8,10-11,13-14H,3,5,9,12H2/t14-/m0/s1. The van der Waals surface area contributed by atoms with Gasteiger partial charge >= 0.3 is 0 Å². The van der Waals surface area contributed by atoms with Crippen molar-refractivity contribution in [3.8, 4) is 10.6 Å².